The topological polar surface area (TPSA) is 297 Å². The minimum absolute atomic E-state index is 0.0107. The number of hydrogen-bond acceptors (Lipinski definition) is 12. The molecule has 0 aromatic carbocycles. The number of methoxy groups -OCH3 is 1. The van der Waals surface area contributed by atoms with E-state index in [1.165, 1.54) is 48.7 Å². The zero-order valence-electron chi connectivity index (χ0n) is 49.6. The average Bonchev–Trinajstić information content (AvgIpc) is 3.22. The molecule has 0 rings (SSSR count). The van der Waals surface area contributed by atoms with Crippen molar-refractivity contribution in [3.8, 4) is 0 Å². The summed E-state index contributed by atoms with van der Waals surface area (Å²) in [7, 11) is 1.20. The summed E-state index contributed by atoms with van der Waals surface area (Å²) in [6.45, 7) is 36.2. The monoisotopic (exact) mass is 1070 g/mol. The van der Waals surface area contributed by atoms with Crippen molar-refractivity contribution in [2.24, 2.45) is 35.5 Å². The van der Waals surface area contributed by atoms with Gasteiger partial charge < -0.3 is 57.3 Å². The molecule has 21 nitrogen and oxygen atoms in total. The van der Waals surface area contributed by atoms with Gasteiger partial charge >= 0.3 is 12.1 Å². The third-order valence-corrected chi connectivity index (χ3v) is 11.5. The highest BCUT2D eigenvalue weighted by molar-refractivity contribution is 6.00. The van der Waals surface area contributed by atoms with Gasteiger partial charge in [0, 0.05) is 0 Å². The smallest absolute Gasteiger partial charge is 0.408 e. The van der Waals surface area contributed by atoms with E-state index < -0.39 is 118 Å². The average molecular weight is 1070 g/mol. The van der Waals surface area contributed by atoms with Crippen molar-refractivity contribution in [2.45, 2.75) is 242 Å². The lowest BCUT2D eigenvalue weighted by atomic mass is 9.96. The molecule has 6 atom stereocenters. The maximum Gasteiger partial charge on any atom is 0.408 e. The highest BCUT2D eigenvalue weighted by Crippen LogP contribution is 2.17. The highest BCUT2D eigenvalue weighted by atomic mass is 16.6. The van der Waals surface area contributed by atoms with Crippen LogP contribution in [-0.4, -0.2) is 125 Å². The largest absolute Gasteiger partial charge is 0.467 e. The van der Waals surface area contributed by atoms with Crippen LogP contribution < -0.4 is 47.9 Å². The van der Waals surface area contributed by atoms with Gasteiger partial charge in [-0.2, -0.15) is 0 Å². The second-order valence-electron chi connectivity index (χ2n) is 25.0. The van der Waals surface area contributed by atoms with E-state index in [-0.39, 0.29) is 74.0 Å². The summed E-state index contributed by atoms with van der Waals surface area (Å²) >= 11 is 0. The molecule has 0 unspecified atom stereocenters. The van der Waals surface area contributed by atoms with Gasteiger partial charge in [-0.15, -0.1) is 0 Å². The first-order valence-corrected chi connectivity index (χ1v) is 26.6. The van der Waals surface area contributed by atoms with Crippen LogP contribution in [0.15, 0.2) is 0 Å². The molecule has 0 aliphatic rings. The number of carbonyl (C=O) groups excluding carboxylic acids is 10. The summed E-state index contributed by atoms with van der Waals surface area (Å²) in [5.74, 6) is -6.56. The molecule has 9 N–H and O–H groups in total. The van der Waals surface area contributed by atoms with E-state index in [4.69, 9.17) is 9.47 Å². The Kier molecular flexibility index (Phi) is 28.1. The van der Waals surface area contributed by atoms with E-state index in [9.17, 15) is 47.9 Å². The quantitative estimate of drug-likeness (QED) is 0.0452. The molecule has 0 radical (unpaired) electrons. The minimum Gasteiger partial charge on any atom is -0.467 e. The molecule has 9 amide bonds. The number of amides is 9. The lowest BCUT2D eigenvalue weighted by molar-refractivity contribution is -0.149. The lowest BCUT2D eigenvalue weighted by Crippen LogP contribution is -2.64. The molecule has 21 heteroatoms. The summed E-state index contributed by atoms with van der Waals surface area (Å²) < 4.78 is 10.2. The first kappa shape index (κ1) is 69.5. The predicted octanol–water partition coefficient (Wildman–Crippen LogP) is 4.44. The fourth-order valence-electron chi connectivity index (χ4n) is 7.77. The van der Waals surface area contributed by atoms with Crippen molar-refractivity contribution in [1.82, 2.24) is 47.9 Å². The summed E-state index contributed by atoms with van der Waals surface area (Å²) in [6.07, 6.45) is 0.326. The number of esters is 1. The molecule has 0 aromatic heterocycles. The van der Waals surface area contributed by atoms with Crippen LogP contribution in [0.1, 0.15) is 184 Å². The summed E-state index contributed by atoms with van der Waals surface area (Å²) in [4.78, 5) is 136. The predicted molar refractivity (Wildman–Crippen MR) is 288 cm³/mol. The fourth-order valence-corrected chi connectivity index (χ4v) is 7.77. The van der Waals surface area contributed by atoms with E-state index in [0.717, 1.165) is 0 Å². The van der Waals surface area contributed by atoms with E-state index >= 15 is 0 Å². The highest BCUT2D eigenvalue weighted by Gasteiger charge is 2.40. The van der Waals surface area contributed by atoms with Gasteiger partial charge in [-0.1, -0.05) is 83.1 Å². The van der Waals surface area contributed by atoms with Crippen molar-refractivity contribution in [3.05, 3.63) is 0 Å². The van der Waals surface area contributed by atoms with Crippen LogP contribution in [0.25, 0.3) is 0 Å². The molecule has 0 aromatic rings. The molecular formula is C54H99N9O12. The third kappa shape index (κ3) is 26.7. The van der Waals surface area contributed by atoms with E-state index in [2.05, 4.69) is 47.9 Å². The van der Waals surface area contributed by atoms with Crippen LogP contribution in [-0.2, 0) is 52.6 Å². The molecule has 432 valence electrons. The third-order valence-electron chi connectivity index (χ3n) is 11.5. The van der Waals surface area contributed by atoms with Gasteiger partial charge in [-0.05, 0) is 136 Å². The van der Waals surface area contributed by atoms with Crippen LogP contribution in [0.2, 0.25) is 0 Å². The van der Waals surface area contributed by atoms with Gasteiger partial charge in [-0.3, -0.25) is 38.4 Å². The van der Waals surface area contributed by atoms with Crippen molar-refractivity contribution in [1.29, 1.82) is 0 Å². The first-order chi connectivity index (χ1) is 34.0. The van der Waals surface area contributed by atoms with Gasteiger partial charge in [0.05, 0.1) is 7.11 Å². The van der Waals surface area contributed by atoms with Crippen LogP contribution >= 0.6 is 0 Å². The van der Waals surface area contributed by atoms with Crippen LogP contribution in [0.5, 0.6) is 0 Å². The molecule has 0 spiro atoms. The second-order valence-corrected chi connectivity index (χ2v) is 25.0. The maximum atomic E-state index is 14.2. The summed E-state index contributed by atoms with van der Waals surface area (Å²) in [5, 5.41) is 24.5. The molecular weight excluding hydrogens is 967 g/mol. The summed E-state index contributed by atoms with van der Waals surface area (Å²) in [6, 6.07) is -6.71. The minimum atomic E-state index is -1.64. The molecule has 75 heavy (non-hydrogen) atoms. The van der Waals surface area contributed by atoms with Gasteiger partial charge in [0.1, 0.15) is 58.5 Å². The number of alkyl carbamates (subject to hydrolysis) is 1. The summed E-state index contributed by atoms with van der Waals surface area (Å²) in [5.41, 5.74) is -5.48. The Balaban J connectivity index is 6.48. The zero-order chi connectivity index (χ0) is 58.7. The van der Waals surface area contributed by atoms with Crippen molar-refractivity contribution < 1.29 is 57.4 Å². The molecule has 0 aliphatic heterocycles. The molecule has 0 heterocycles. The second kappa shape index (κ2) is 30.3. The molecule has 0 bridgehead atoms. The molecule has 0 saturated carbocycles. The van der Waals surface area contributed by atoms with Gasteiger partial charge in [-0.25, -0.2) is 9.59 Å². The normalized spacial score (nSPS) is 14.7. The first-order valence-electron chi connectivity index (χ1n) is 26.6. The zero-order valence-corrected chi connectivity index (χ0v) is 49.6. The molecule has 0 aliphatic carbocycles. The van der Waals surface area contributed by atoms with Crippen molar-refractivity contribution >= 4 is 59.3 Å². The Bertz CT molecular complexity index is 1960. The number of ether oxygens (including phenoxy) is 2. The SMILES string of the molecule is COC(=O)C(C)(C)NC(=O)[C@H](CC(C)C)NC(=O)[C@H](CC(C)C)NC(=O)C(C)(C)NC(=O)[C@H](CC(C)C)NC(=O)[C@@H](CC(C)C)NC(=O)C(C)(C)NC(=O)[C@H](CC(C)C)NC(=O)[C@@H](CC(C)C)NC(=O)OC(C)(C)C. The Morgan fingerprint density at radius 2 is 0.560 bits per heavy atom. The number of carbonyl (C=O) groups is 10. The number of nitrogens with one attached hydrogen (secondary N) is 9. The number of rotatable bonds is 30. The van der Waals surface area contributed by atoms with Crippen molar-refractivity contribution in [2.75, 3.05) is 7.11 Å². The van der Waals surface area contributed by atoms with Gasteiger partial charge in [0.2, 0.25) is 47.3 Å². The Morgan fingerprint density at radius 1 is 0.333 bits per heavy atom. The van der Waals surface area contributed by atoms with E-state index in [1.807, 2.05) is 83.1 Å². The molecule has 0 saturated heterocycles. The Labute approximate surface area is 448 Å². The van der Waals surface area contributed by atoms with Crippen molar-refractivity contribution in [3.63, 3.8) is 0 Å². The van der Waals surface area contributed by atoms with Crippen LogP contribution in [0.3, 0.4) is 0 Å². The van der Waals surface area contributed by atoms with E-state index in [0.29, 0.717) is 0 Å². The van der Waals surface area contributed by atoms with Crippen LogP contribution in [0.4, 0.5) is 4.79 Å². The van der Waals surface area contributed by atoms with Gasteiger partial charge in [0.15, 0.2) is 0 Å². The maximum absolute atomic E-state index is 14.2. The lowest BCUT2D eigenvalue weighted by Gasteiger charge is -2.33. The Morgan fingerprint density at radius 3 is 0.787 bits per heavy atom. The standard InChI is InChI=1S/C54H99N9O12/c1-29(2)23-35(58-48(71)53(18,19)62-45(68)39(27-33(9)10)57-43(66)37(25-31(5)6)60-50(73)75-51(13,14)15)41(64)55-38(26-32(7)8)44(67)61-52(16,17)47(70)59-36(24-30(3)4)42(65)56-40(28-34(11)12)46(69)63-54(20,21)49(72)74-22/h29-40H,23-28H2,1-22H3,(H,55,64)(H,56,65)(H,57,66)(H,58,71)(H,59,70)(H,60,73)(H,61,67)(H,62,68)(H,63,69)/t35-,36+,37-,38+,39+,40+/m1/s1. The van der Waals surface area contributed by atoms with Gasteiger partial charge in [0.25, 0.3) is 0 Å². The fraction of sp³-hybridized carbons (Fsp3) is 0.815. The molecule has 0 fully saturated rings. The van der Waals surface area contributed by atoms with E-state index in [1.54, 1.807) is 20.8 Å². The van der Waals surface area contributed by atoms with Crippen LogP contribution in [0, 0.1) is 35.5 Å². The number of hydrogen-bond donors (Lipinski definition) is 9. The Hall–Kier alpha value is -5.50.